The van der Waals surface area contributed by atoms with Gasteiger partial charge in [0.15, 0.2) is 0 Å². The second-order valence-electron chi connectivity index (χ2n) is 3.62. The van der Waals surface area contributed by atoms with E-state index >= 15 is 0 Å². The number of phenols is 1. The normalized spacial score (nSPS) is 12.3. The summed E-state index contributed by atoms with van der Waals surface area (Å²) in [7, 11) is 0. The largest absolute Gasteiger partial charge is 0.506 e. The fourth-order valence-electron chi connectivity index (χ4n) is 1.57. The fourth-order valence-corrected chi connectivity index (χ4v) is 2.78. The summed E-state index contributed by atoms with van der Waals surface area (Å²) in [5.41, 5.74) is 6.23. The number of phenolic OH excluding ortho intramolecular Hbond substituents is 1. The maximum atomic E-state index is 10.8. The zero-order valence-corrected chi connectivity index (χ0v) is 11.4. The first-order valence-electron chi connectivity index (χ1n) is 4.96. The van der Waals surface area contributed by atoms with Gasteiger partial charge in [-0.2, -0.15) is 0 Å². The highest BCUT2D eigenvalue weighted by molar-refractivity contribution is 9.10. The number of nitro benzene ring substituents is 1. The van der Waals surface area contributed by atoms with E-state index in [0.29, 0.717) is 5.56 Å². The van der Waals surface area contributed by atoms with E-state index in [1.54, 1.807) is 0 Å². The van der Waals surface area contributed by atoms with E-state index in [9.17, 15) is 15.2 Å². The van der Waals surface area contributed by atoms with Crippen molar-refractivity contribution in [3.8, 4) is 5.75 Å². The topological polar surface area (TPSA) is 89.4 Å². The minimum absolute atomic E-state index is 0.0681. The van der Waals surface area contributed by atoms with Crippen LogP contribution in [0.5, 0.6) is 5.75 Å². The number of hydrogen-bond acceptors (Lipinski definition) is 5. The third-order valence-corrected chi connectivity index (χ3v) is 4.03. The summed E-state index contributed by atoms with van der Waals surface area (Å²) in [6, 6.07) is 5.62. The lowest BCUT2D eigenvalue weighted by molar-refractivity contribution is -0.385. The zero-order valence-electron chi connectivity index (χ0n) is 9.04. The molecular weight excluding hydrogens is 320 g/mol. The van der Waals surface area contributed by atoms with Crippen LogP contribution in [0.15, 0.2) is 34.1 Å². The lowest BCUT2D eigenvalue weighted by atomic mass is 10.0. The van der Waals surface area contributed by atoms with Gasteiger partial charge < -0.3 is 10.8 Å². The van der Waals surface area contributed by atoms with Crippen molar-refractivity contribution in [1.82, 2.24) is 0 Å². The lowest BCUT2D eigenvalue weighted by Crippen LogP contribution is -2.11. The standard InChI is InChI=1S/C11H9BrN2O3S/c12-8-5-6(14(16)17)4-7(11(8)15)10(13)9-2-1-3-18-9/h1-5,10,15H,13H2/t10-/m1/s1. The molecule has 94 valence electrons. The highest BCUT2D eigenvalue weighted by atomic mass is 79.9. The molecule has 7 heteroatoms. The van der Waals surface area contributed by atoms with E-state index in [1.165, 1.54) is 23.5 Å². The van der Waals surface area contributed by atoms with Gasteiger partial charge in [0.2, 0.25) is 0 Å². The van der Waals surface area contributed by atoms with Crippen LogP contribution >= 0.6 is 27.3 Å². The first kappa shape index (κ1) is 13.0. The molecule has 0 saturated carbocycles. The third-order valence-electron chi connectivity index (χ3n) is 2.47. The number of aromatic hydroxyl groups is 1. The average molecular weight is 329 g/mol. The number of rotatable bonds is 3. The Bertz CT molecular complexity index is 586. The Kier molecular flexibility index (Phi) is 3.65. The molecule has 0 aliphatic rings. The molecule has 1 heterocycles. The minimum Gasteiger partial charge on any atom is -0.506 e. The van der Waals surface area contributed by atoms with E-state index in [4.69, 9.17) is 5.73 Å². The molecule has 0 fully saturated rings. The summed E-state index contributed by atoms with van der Waals surface area (Å²) in [5, 5.41) is 22.6. The maximum Gasteiger partial charge on any atom is 0.271 e. The van der Waals surface area contributed by atoms with Crippen molar-refractivity contribution < 1.29 is 10.0 Å². The molecule has 0 unspecified atom stereocenters. The van der Waals surface area contributed by atoms with Gasteiger partial charge in [0.25, 0.3) is 5.69 Å². The van der Waals surface area contributed by atoms with Crippen molar-refractivity contribution in [3.05, 3.63) is 54.7 Å². The molecule has 0 aliphatic heterocycles. The first-order chi connectivity index (χ1) is 8.50. The predicted molar refractivity (Wildman–Crippen MR) is 72.8 cm³/mol. The minimum atomic E-state index is -0.582. The average Bonchev–Trinajstić information content (AvgIpc) is 2.85. The molecule has 2 rings (SSSR count). The van der Waals surface area contributed by atoms with Crippen molar-refractivity contribution in [2.45, 2.75) is 6.04 Å². The van der Waals surface area contributed by atoms with Gasteiger partial charge in [-0.05, 0) is 27.4 Å². The number of thiophene rings is 1. The van der Waals surface area contributed by atoms with Crippen molar-refractivity contribution in [2.24, 2.45) is 5.73 Å². The molecule has 0 spiro atoms. The van der Waals surface area contributed by atoms with Gasteiger partial charge in [0.1, 0.15) is 5.75 Å². The molecule has 0 amide bonds. The van der Waals surface area contributed by atoms with Gasteiger partial charge in [-0.1, -0.05) is 6.07 Å². The molecule has 0 radical (unpaired) electrons. The van der Waals surface area contributed by atoms with Gasteiger partial charge in [-0.3, -0.25) is 10.1 Å². The van der Waals surface area contributed by atoms with Crippen LogP contribution in [0.2, 0.25) is 0 Å². The number of nitro groups is 1. The van der Waals surface area contributed by atoms with Crippen molar-refractivity contribution in [1.29, 1.82) is 0 Å². The lowest BCUT2D eigenvalue weighted by Gasteiger charge is -2.12. The summed E-state index contributed by atoms with van der Waals surface area (Å²) in [6.45, 7) is 0. The van der Waals surface area contributed by atoms with E-state index in [2.05, 4.69) is 15.9 Å². The molecule has 5 nitrogen and oxygen atoms in total. The highest BCUT2D eigenvalue weighted by Gasteiger charge is 2.20. The van der Waals surface area contributed by atoms with Crippen molar-refractivity contribution in [2.75, 3.05) is 0 Å². The summed E-state index contributed by atoms with van der Waals surface area (Å²) >= 11 is 4.52. The smallest absolute Gasteiger partial charge is 0.271 e. The van der Waals surface area contributed by atoms with Crippen LogP contribution in [-0.4, -0.2) is 10.0 Å². The van der Waals surface area contributed by atoms with Gasteiger partial charge >= 0.3 is 0 Å². The number of nitrogens with zero attached hydrogens (tertiary/aromatic N) is 1. The molecule has 0 aliphatic carbocycles. The molecule has 0 bridgehead atoms. The second kappa shape index (κ2) is 5.05. The second-order valence-corrected chi connectivity index (χ2v) is 5.45. The Morgan fingerprint density at radius 1 is 1.50 bits per heavy atom. The molecule has 18 heavy (non-hydrogen) atoms. The van der Waals surface area contributed by atoms with Gasteiger partial charge in [0, 0.05) is 22.6 Å². The first-order valence-corrected chi connectivity index (χ1v) is 6.63. The summed E-state index contributed by atoms with van der Waals surface area (Å²) in [4.78, 5) is 11.1. The Labute approximate surface area is 115 Å². The van der Waals surface area contributed by atoms with Crippen LogP contribution in [0.1, 0.15) is 16.5 Å². The predicted octanol–water partition coefficient (Wildman–Crippen LogP) is 3.17. The van der Waals surface area contributed by atoms with Crippen molar-refractivity contribution in [3.63, 3.8) is 0 Å². The monoisotopic (exact) mass is 328 g/mol. The highest BCUT2D eigenvalue weighted by Crippen LogP contribution is 2.38. The fraction of sp³-hybridized carbons (Fsp3) is 0.0909. The summed E-state index contributed by atoms with van der Waals surface area (Å²) in [6.07, 6.45) is 0. The molecule has 1 aromatic carbocycles. The van der Waals surface area contributed by atoms with Crippen molar-refractivity contribution >= 4 is 33.0 Å². The third kappa shape index (κ3) is 2.38. The molecule has 1 atom stereocenters. The summed E-state index contributed by atoms with van der Waals surface area (Å²) < 4.78 is 0.263. The molecule has 3 N–H and O–H groups in total. The maximum absolute atomic E-state index is 10.8. The number of benzene rings is 1. The quantitative estimate of drug-likeness (QED) is 0.668. The molecule has 2 aromatic rings. The summed E-state index contributed by atoms with van der Waals surface area (Å²) in [5.74, 6) is -0.0681. The molecule has 1 aromatic heterocycles. The van der Waals surface area contributed by atoms with Crippen LogP contribution in [0.25, 0.3) is 0 Å². The Hall–Kier alpha value is -1.44. The number of halogens is 1. The molecular formula is C11H9BrN2O3S. The van der Waals surface area contributed by atoms with E-state index < -0.39 is 11.0 Å². The number of non-ortho nitro benzene ring substituents is 1. The van der Waals surface area contributed by atoms with Crippen LogP contribution in [0.4, 0.5) is 5.69 Å². The van der Waals surface area contributed by atoms with E-state index in [-0.39, 0.29) is 15.9 Å². The van der Waals surface area contributed by atoms with Gasteiger partial charge in [-0.15, -0.1) is 11.3 Å². The van der Waals surface area contributed by atoms with E-state index in [1.807, 2.05) is 17.5 Å². The van der Waals surface area contributed by atoms with Crippen LogP contribution in [0.3, 0.4) is 0 Å². The Morgan fingerprint density at radius 2 is 2.22 bits per heavy atom. The Balaban J connectivity index is 2.53. The van der Waals surface area contributed by atoms with Gasteiger partial charge in [-0.25, -0.2) is 0 Å². The molecule has 0 saturated heterocycles. The van der Waals surface area contributed by atoms with Crippen LogP contribution in [-0.2, 0) is 0 Å². The van der Waals surface area contributed by atoms with E-state index in [0.717, 1.165) is 4.88 Å². The van der Waals surface area contributed by atoms with Crippen LogP contribution in [0, 0.1) is 10.1 Å². The Morgan fingerprint density at radius 3 is 2.78 bits per heavy atom. The number of nitrogens with two attached hydrogens (primary N) is 1. The zero-order chi connectivity index (χ0) is 13.3. The van der Waals surface area contributed by atoms with Crippen LogP contribution < -0.4 is 5.73 Å². The van der Waals surface area contributed by atoms with Gasteiger partial charge in [0.05, 0.1) is 15.4 Å². The number of hydrogen-bond donors (Lipinski definition) is 2. The SMILES string of the molecule is N[C@@H](c1cccs1)c1cc([N+](=O)[O-])cc(Br)c1O.